The van der Waals surface area contributed by atoms with Gasteiger partial charge in [0.05, 0.1) is 24.3 Å². The Morgan fingerprint density at radius 2 is 2.06 bits per heavy atom. The average Bonchev–Trinajstić information content (AvgIpc) is 2.86. The molecule has 0 atom stereocenters. The maximum atomic E-state index is 4.53. The minimum Gasteiger partial charge on any atom is -0.369 e. The third-order valence-electron chi connectivity index (χ3n) is 2.57. The van der Waals surface area contributed by atoms with Crippen molar-refractivity contribution in [2.45, 2.75) is 33.2 Å². The summed E-state index contributed by atoms with van der Waals surface area (Å²) in [6, 6.07) is 0. The summed E-state index contributed by atoms with van der Waals surface area (Å²) in [5, 5.41) is 7.54. The van der Waals surface area contributed by atoms with Gasteiger partial charge in [-0.1, -0.05) is 13.8 Å². The first-order chi connectivity index (χ1) is 8.83. The summed E-state index contributed by atoms with van der Waals surface area (Å²) in [5.41, 5.74) is 1.87. The van der Waals surface area contributed by atoms with Crippen LogP contribution in [0.4, 0.5) is 5.82 Å². The third kappa shape index (κ3) is 3.06. The number of nitrogens with zero attached hydrogens (tertiary/aromatic N) is 4. The van der Waals surface area contributed by atoms with Gasteiger partial charge in [-0.3, -0.25) is 9.67 Å². The molecule has 2 rings (SSSR count). The van der Waals surface area contributed by atoms with Gasteiger partial charge in [-0.05, 0) is 12.8 Å². The normalized spacial score (nSPS) is 10.6. The first kappa shape index (κ1) is 12.5. The molecule has 0 unspecified atom stereocenters. The number of hydrogen-bond acceptors (Lipinski definition) is 4. The molecule has 2 aromatic heterocycles. The van der Waals surface area contributed by atoms with Crippen LogP contribution in [0.5, 0.6) is 0 Å². The van der Waals surface area contributed by atoms with Gasteiger partial charge in [-0.15, -0.1) is 0 Å². The summed E-state index contributed by atoms with van der Waals surface area (Å²) in [6.45, 7) is 6.10. The van der Waals surface area contributed by atoms with Crippen molar-refractivity contribution in [2.75, 3.05) is 11.9 Å². The minimum absolute atomic E-state index is 0.817. The Hall–Kier alpha value is -1.91. The van der Waals surface area contributed by atoms with Gasteiger partial charge in [0.25, 0.3) is 0 Å². The molecule has 0 amide bonds. The van der Waals surface area contributed by atoms with Crippen molar-refractivity contribution in [1.82, 2.24) is 19.7 Å². The van der Waals surface area contributed by atoms with Gasteiger partial charge < -0.3 is 5.32 Å². The Balaban J connectivity index is 2.15. The fourth-order valence-corrected chi connectivity index (χ4v) is 1.69. The molecule has 0 radical (unpaired) electrons. The molecule has 0 aliphatic carbocycles. The summed E-state index contributed by atoms with van der Waals surface area (Å²) >= 11 is 0. The fourth-order valence-electron chi connectivity index (χ4n) is 1.69. The molecule has 0 saturated carbocycles. The van der Waals surface area contributed by atoms with Crippen molar-refractivity contribution in [2.24, 2.45) is 0 Å². The highest BCUT2D eigenvalue weighted by Crippen LogP contribution is 2.16. The largest absolute Gasteiger partial charge is 0.369 e. The zero-order chi connectivity index (χ0) is 12.8. The van der Waals surface area contributed by atoms with Crippen molar-refractivity contribution in [3.63, 3.8) is 0 Å². The average molecular weight is 245 g/mol. The van der Waals surface area contributed by atoms with E-state index in [1.165, 1.54) is 0 Å². The lowest BCUT2D eigenvalue weighted by Gasteiger charge is -2.04. The van der Waals surface area contributed by atoms with Crippen LogP contribution in [0.25, 0.3) is 11.3 Å². The van der Waals surface area contributed by atoms with E-state index in [0.717, 1.165) is 43.0 Å². The van der Waals surface area contributed by atoms with E-state index >= 15 is 0 Å². The number of rotatable bonds is 6. The molecule has 0 aliphatic heterocycles. The van der Waals surface area contributed by atoms with Crippen LogP contribution in [-0.4, -0.2) is 26.3 Å². The van der Waals surface area contributed by atoms with Gasteiger partial charge >= 0.3 is 0 Å². The lowest BCUT2D eigenvalue weighted by atomic mass is 10.3. The van der Waals surface area contributed by atoms with Crippen LogP contribution in [0.15, 0.2) is 24.8 Å². The van der Waals surface area contributed by atoms with Gasteiger partial charge in [0.15, 0.2) is 0 Å². The molecule has 0 fully saturated rings. The SMILES string of the molecule is CCCNc1cncc(-c2cnn(CCC)c2)n1. The first-order valence-electron chi connectivity index (χ1n) is 6.42. The Labute approximate surface area is 107 Å². The predicted molar refractivity (Wildman–Crippen MR) is 72.3 cm³/mol. The zero-order valence-corrected chi connectivity index (χ0v) is 10.9. The quantitative estimate of drug-likeness (QED) is 0.849. The minimum atomic E-state index is 0.817. The van der Waals surface area contributed by atoms with Crippen LogP contribution >= 0.6 is 0 Å². The topological polar surface area (TPSA) is 55.6 Å². The molecule has 2 aromatic rings. The number of aryl methyl sites for hydroxylation is 1. The smallest absolute Gasteiger partial charge is 0.145 e. The van der Waals surface area contributed by atoms with Crippen LogP contribution in [-0.2, 0) is 6.54 Å². The van der Waals surface area contributed by atoms with Crippen LogP contribution in [0.2, 0.25) is 0 Å². The molecule has 1 N–H and O–H groups in total. The van der Waals surface area contributed by atoms with Gasteiger partial charge in [0.1, 0.15) is 5.82 Å². The Kier molecular flexibility index (Phi) is 4.28. The highest BCUT2D eigenvalue weighted by molar-refractivity contribution is 5.57. The molecule has 96 valence electrons. The summed E-state index contributed by atoms with van der Waals surface area (Å²) < 4.78 is 1.93. The van der Waals surface area contributed by atoms with Crippen molar-refractivity contribution in [3.05, 3.63) is 24.8 Å². The number of anilines is 1. The molecule has 5 heteroatoms. The molecular weight excluding hydrogens is 226 g/mol. The van der Waals surface area contributed by atoms with Crippen LogP contribution < -0.4 is 5.32 Å². The predicted octanol–water partition coefficient (Wildman–Crippen LogP) is 2.57. The summed E-state index contributed by atoms with van der Waals surface area (Å²) in [6.07, 6.45) is 9.51. The monoisotopic (exact) mass is 245 g/mol. The fraction of sp³-hybridized carbons (Fsp3) is 0.462. The van der Waals surface area contributed by atoms with Crippen LogP contribution in [0.3, 0.4) is 0 Å². The van der Waals surface area contributed by atoms with Gasteiger partial charge in [-0.25, -0.2) is 4.98 Å². The molecule has 18 heavy (non-hydrogen) atoms. The number of aromatic nitrogens is 4. The van der Waals surface area contributed by atoms with Crippen LogP contribution in [0, 0.1) is 0 Å². The van der Waals surface area contributed by atoms with E-state index in [9.17, 15) is 0 Å². The van der Waals surface area contributed by atoms with Gasteiger partial charge in [0, 0.05) is 24.8 Å². The number of nitrogens with one attached hydrogen (secondary N) is 1. The summed E-state index contributed by atoms with van der Waals surface area (Å²) in [7, 11) is 0. The summed E-state index contributed by atoms with van der Waals surface area (Å²) in [4.78, 5) is 8.73. The second kappa shape index (κ2) is 6.14. The molecule has 0 aromatic carbocycles. The second-order valence-corrected chi connectivity index (χ2v) is 4.21. The third-order valence-corrected chi connectivity index (χ3v) is 2.57. The molecule has 2 heterocycles. The van der Waals surface area contributed by atoms with Crippen molar-refractivity contribution in [1.29, 1.82) is 0 Å². The van der Waals surface area contributed by atoms with Crippen LogP contribution in [0.1, 0.15) is 26.7 Å². The maximum absolute atomic E-state index is 4.53. The van der Waals surface area contributed by atoms with E-state index in [-0.39, 0.29) is 0 Å². The molecule has 0 bridgehead atoms. The van der Waals surface area contributed by atoms with E-state index in [2.05, 4.69) is 34.2 Å². The summed E-state index contributed by atoms with van der Waals surface area (Å²) in [5.74, 6) is 0.817. The van der Waals surface area contributed by atoms with Gasteiger partial charge in [0.2, 0.25) is 0 Å². The standard InChI is InChI=1S/C13H19N5/c1-3-5-15-13-9-14-8-12(17-13)11-7-16-18(10-11)6-4-2/h7-10H,3-6H2,1-2H3,(H,15,17). The van der Waals surface area contributed by atoms with Crippen molar-refractivity contribution < 1.29 is 0 Å². The number of hydrogen-bond donors (Lipinski definition) is 1. The molecule has 0 aliphatic rings. The van der Waals surface area contributed by atoms with E-state index < -0.39 is 0 Å². The van der Waals surface area contributed by atoms with E-state index in [0.29, 0.717) is 0 Å². The first-order valence-corrected chi connectivity index (χ1v) is 6.42. The van der Waals surface area contributed by atoms with E-state index in [1.807, 2.05) is 17.1 Å². The molecule has 5 nitrogen and oxygen atoms in total. The highest BCUT2D eigenvalue weighted by atomic mass is 15.3. The maximum Gasteiger partial charge on any atom is 0.145 e. The zero-order valence-electron chi connectivity index (χ0n) is 10.9. The second-order valence-electron chi connectivity index (χ2n) is 4.21. The van der Waals surface area contributed by atoms with E-state index in [4.69, 9.17) is 0 Å². The molecular formula is C13H19N5. The lowest BCUT2D eigenvalue weighted by molar-refractivity contribution is 0.603. The van der Waals surface area contributed by atoms with Crippen molar-refractivity contribution >= 4 is 5.82 Å². The van der Waals surface area contributed by atoms with Gasteiger partial charge in [-0.2, -0.15) is 5.10 Å². The Morgan fingerprint density at radius 1 is 1.17 bits per heavy atom. The Morgan fingerprint density at radius 3 is 2.83 bits per heavy atom. The molecule has 0 saturated heterocycles. The lowest BCUT2D eigenvalue weighted by Crippen LogP contribution is -2.02. The van der Waals surface area contributed by atoms with Crippen molar-refractivity contribution in [3.8, 4) is 11.3 Å². The Bertz CT molecular complexity index is 492. The molecule has 0 spiro atoms. The van der Waals surface area contributed by atoms with E-state index in [1.54, 1.807) is 12.4 Å². The highest BCUT2D eigenvalue weighted by Gasteiger charge is 2.04.